The van der Waals surface area contributed by atoms with Crippen molar-refractivity contribution in [1.29, 1.82) is 0 Å². The molecule has 11 heteroatoms. The highest BCUT2D eigenvalue weighted by atomic mass is 19.1. The SMILES string of the molecule is O=CN(O)CC(CC1CCCC1)C(=O)N1CC(F)CC1C(=O)Nc1ncc(F)cc1O. The highest BCUT2D eigenvalue weighted by Gasteiger charge is 2.43. The van der Waals surface area contributed by atoms with Crippen LogP contribution in [0.1, 0.15) is 38.5 Å². The predicted octanol–water partition coefficient (Wildman–Crippen LogP) is 1.85. The van der Waals surface area contributed by atoms with Crippen LogP contribution in [0.4, 0.5) is 14.6 Å². The van der Waals surface area contributed by atoms with Crippen LogP contribution in [-0.2, 0) is 14.4 Å². The molecule has 3 atom stereocenters. The Bertz CT molecular complexity index is 821. The summed E-state index contributed by atoms with van der Waals surface area (Å²) in [6, 6.07) is -0.395. The molecular formula is C20H26F2N4O5. The minimum absolute atomic E-state index is 0.198. The summed E-state index contributed by atoms with van der Waals surface area (Å²) in [5.74, 6) is -3.51. The molecule has 0 aromatic carbocycles. The van der Waals surface area contributed by atoms with E-state index in [0.717, 1.165) is 42.8 Å². The second-order valence-corrected chi connectivity index (χ2v) is 8.16. The van der Waals surface area contributed by atoms with Crippen LogP contribution in [0, 0.1) is 17.7 Å². The summed E-state index contributed by atoms with van der Waals surface area (Å²) in [6.45, 7) is -0.547. The molecule has 1 aliphatic carbocycles. The van der Waals surface area contributed by atoms with Gasteiger partial charge in [0.2, 0.25) is 18.2 Å². The van der Waals surface area contributed by atoms with Gasteiger partial charge in [0, 0.05) is 12.5 Å². The average Bonchev–Trinajstić information content (AvgIpc) is 3.38. The zero-order chi connectivity index (χ0) is 22.5. The third kappa shape index (κ3) is 5.66. The molecule has 31 heavy (non-hydrogen) atoms. The van der Waals surface area contributed by atoms with Crippen LogP contribution < -0.4 is 5.32 Å². The molecule has 1 saturated carbocycles. The number of hydrogen-bond donors (Lipinski definition) is 3. The van der Waals surface area contributed by atoms with Gasteiger partial charge in [-0.3, -0.25) is 19.6 Å². The average molecular weight is 440 g/mol. The fourth-order valence-corrected chi connectivity index (χ4v) is 4.41. The van der Waals surface area contributed by atoms with E-state index >= 15 is 0 Å². The zero-order valence-corrected chi connectivity index (χ0v) is 16.9. The molecule has 1 aliphatic heterocycles. The first-order valence-electron chi connectivity index (χ1n) is 10.3. The first-order chi connectivity index (χ1) is 14.8. The van der Waals surface area contributed by atoms with Gasteiger partial charge >= 0.3 is 0 Å². The Morgan fingerprint density at radius 3 is 2.74 bits per heavy atom. The van der Waals surface area contributed by atoms with E-state index in [-0.39, 0.29) is 37.7 Å². The number of anilines is 1. The molecular weight excluding hydrogens is 414 g/mol. The molecule has 3 unspecified atom stereocenters. The van der Waals surface area contributed by atoms with E-state index in [0.29, 0.717) is 11.5 Å². The number of carbonyl (C=O) groups is 3. The standard InChI is InChI=1S/C20H26F2N4O5/c21-14-7-17(28)18(23-8-14)24-19(29)16-6-15(22)10-26(16)20(30)13(9-25(31)11-27)5-12-3-1-2-4-12/h7-8,11-13,15-16,28,31H,1-6,9-10H2,(H,23,24,29). The lowest BCUT2D eigenvalue weighted by molar-refractivity contribution is -0.158. The first kappa shape index (κ1) is 22.9. The second-order valence-electron chi connectivity index (χ2n) is 8.16. The Morgan fingerprint density at radius 1 is 1.39 bits per heavy atom. The number of nitrogens with zero attached hydrogens (tertiary/aromatic N) is 3. The van der Waals surface area contributed by atoms with Gasteiger partial charge in [-0.05, 0) is 12.3 Å². The molecule has 9 nitrogen and oxygen atoms in total. The fourth-order valence-electron chi connectivity index (χ4n) is 4.41. The summed E-state index contributed by atoms with van der Waals surface area (Å²) < 4.78 is 27.3. The highest BCUT2D eigenvalue weighted by Crippen LogP contribution is 2.33. The van der Waals surface area contributed by atoms with Gasteiger partial charge in [0.05, 0.1) is 25.2 Å². The van der Waals surface area contributed by atoms with Gasteiger partial charge in [-0.25, -0.2) is 18.8 Å². The number of nitrogens with one attached hydrogen (secondary N) is 1. The number of likely N-dealkylation sites (tertiary alicyclic amines) is 1. The smallest absolute Gasteiger partial charge is 0.248 e. The van der Waals surface area contributed by atoms with Crippen LogP contribution in [0.15, 0.2) is 12.3 Å². The van der Waals surface area contributed by atoms with Crippen LogP contribution in [-0.4, -0.2) is 68.8 Å². The summed E-state index contributed by atoms with van der Waals surface area (Å²) in [5.41, 5.74) is 0. The number of alkyl halides is 1. The van der Waals surface area contributed by atoms with E-state index in [4.69, 9.17) is 0 Å². The summed E-state index contributed by atoms with van der Waals surface area (Å²) in [4.78, 5) is 41.5. The lowest BCUT2D eigenvalue weighted by Gasteiger charge is -2.30. The summed E-state index contributed by atoms with van der Waals surface area (Å²) in [6.07, 6.45) is 3.69. The molecule has 1 aromatic rings. The molecule has 1 saturated heterocycles. The Hall–Kier alpha value is -2.82. The lowest BCUT2D eigenvalue weighted by Crippen LogP contribution is -2.48. The minimum Gasteiger partial charge on any atom is -0.504 e. The van der Waals surface area contributed by atoms with Gasteiger partial charge in [0.25, 0.3) is 0 Å². The van der Waals surface area contributed by atoms with Crippen LogP contribution in [0.3, 0.4) is 0 Å². The number of aromatic nitrogens is 1. The van der Waals surface area contributed by atoms with E-state index in [1.54, 1.807) is 0 Å². The summed E-state index contributed by atoms with van der Waals surface area (Å²) in [7, 11) is 0. The molecule has 170 valence electrons. The number of hydroxylamine groups is 2. The maximum atomic E-state index is 14.2. The maximum Gasteiger partial charge on any atom is 0.248 e. The van der Waals surface area contributed by atoms with Crippen LogP contribution in [0.5, 0.6) is 5.75 Å². The minimum atomic E-state index is -1.43. The van der Waals surface area contributed by atoms with Crippen molar-refractivity contribution in [3.63, 3.8) is 0 Å². The second kappa shape index (κ2) is 9.99. The van der Waals surface area contributed by atoms with Crippen molar-refractivity contribution < 1.29 is 33.5 Å². The van der Waals surface area contributed by atoms with Crippen LogP contribution in [0.2, 0.25) is 0 Å². The number of hydrogen-bond acceptors (Lipinski definition) is 6. The molecule has 2 aliphatic rings. The quantitative estimate of drug-likeness (QED) is 0.322. The molecule has 0 spiro atoms. The predicted molar refractivity (Wildman–Crippen MR) is 104 cm³/mol. The zero-order valence-electron chi connectivity index (χ0n) is 16.9. The number of halogens is 2. The van der Waals surface area contributed by atoms with Crippen molar-refractivity contribution in [2.45, 2.75) is 50.7 Å². The topological polar surface area (TPSA) is 123 Å². The normalized spacial score (nSPS) is 22.4. The van der Waals surface area contributed by atoms with Crippen molar-refractivity contribution >= 4 is 24.0 Å². The van der Waals surface area contributed by atoms with Gasteiger partial charge in [-0.1, -0.05) is 25.7 Å². The Morgan fingerprint density at radius 2 is 2.10 bits per heavy atom. The molecule has 2 fully saturated rings. The van der Waals surface area contributed by atoms with E-state index in [9.17, 15) is 33.5 Å². The number of amides is 3. The molecule has 1 aromatic heterocycles. The molecule has 0 bridgehead atoms. The Labute approximate surface area is 178 Å². The molecule has 3 N–H and O–H groups in total. The molecule has 3 amide bonds. The summed E-state index contributed by atoms with van der Waals surface area (Å²) >= 11 is 0. The van der Waals surface area contributed by atoms with Crippen molar-refractivity contribution in [1.82, 2.24) is 14.9 Å². The highest BCUT2D eigenvalue weighted by molar-refractivity contribution is 5.98. The van der Waals surface area contributed by atoms with E-state index in [1.807, 2.05) is 0 Å². The Balaban J connectivity index is 1.75. The van der Waals surface area contributed by atoms with Crippen molar-refractivity contribution in [3.05, 3.63) is 18.1 Å². The monoisotopic (exact) mass is 440 g/mol. The largest absolute Gasteiger partial charge is 0.504 e. The molecule has 2 heterocycles. The first-order valence-corrected chi connectivity index (χ1v) is 10.3. The summed E-state index contributed by atoms with van der Waals surface area (Å²) in [5, 5.41) is 22.1. The number of rotatable bonds is 8. The van der Waals surface area contributed by atoms with Crippen LogP contribution in [0.25, 0.3) is 0 Å². The van der Waals surface area contributed by atoms with E-state index in [2.05, 4.69) is 10.3 Å². The van der Waals surface area contributed by atoms with Gasteiger partial charge < -0.3 is 15.3 Å². The van der Waals surface area contributed by atoms with E-state index in [1.165, 1.54) is 0 Å². The van der Waals surface area contributed by atoms with Crippen molar-refractivity contribution in [2.75, 3.05) is 18.4 Å². The number of aromatic hydroxyl groups is 1. The van der Waals surface area contributed by atoms with Gasteiger partial charge in [-0.15, -0.1) is 0 Å². The number of carbonyl (C=O) groups excluding carboxylic acids is 3. The maximum absolute atomic E-state index is 14.2. The van der Waals surface area contributed by atoms with Crippen molar-refractivity contribution in [3.8, 4) is 5.75 Å². The van der Waals surface area contributed by atoms with Gasteiger partial charge in [0.15, 0.2) is 11.6 Å². The lowest BCUT2D eigenvalue weighted by atomic mass is 9.91. The molecule has 0 radical (unpaired) electrons. The Kier molecular flexibility index (Phi) is 7.37. The van der Waals surface area contributed by atoms with Crippen LogP contribution >= 0.6 is 0 Å². The van der Waals surface area contributed by atoms with Crippen molar-refractivity contribution in [2.24, 2.45) is 11.8 Å². The van der Waals surface area contributed by atoms with Gasteiger partial charge in [-0.2, -0.15) is 0 Å². The van der Waals surface area contributed by atoms with Gasteiger partial charge in [0.1, 0.15) is 18.0 Å². The third-order valence-corrected chi connectivity index (χ3v) is 5.88. The van der Waals surface area contributed by atoms with E-state index < -0.39 is 41.5 Å². The third-order valence-electron chi connectivity index (χ3n) is 5.88. The molecule has 3 rings (SSSR count). The fraction of sp³-hybridized carbons (Fsp3) is 0.600. The number of pyridine rings is 1.